The molecule has 0 bridgehead atoms. The fourth-order valence-electron chi connectivity index (χ4n) is 11.9. The van der Waals surface area contributed by atoms with E-state index in [0.717, 1.165) is 102 Å². The van der Waals surface area contributed by atoms with Crippen LogP contribution in [0, 0.1) is 17.8 Å². The molecule has 0 amide bonds. The van der Waals surface area contributed by atoms with Gasteiger partial charge in [-0.1, -0.05) is 350 Å². The van der Waals surface area contributed by atoms with Crippen LogP contribution in [0.25, 0.3) is 0 Å². The summed E-state index contributed by atoms with van der Waals surface area (Å²) in [4.78, 5) is 72.7. The summed E-state index contributed by atoms with van der Waals surface area (Å²) in [6, 6.07) is 0. The highest BCUT2D eigenvalue weighted by atomic mass is 31.2. The number of phosphoric ester groups is 2. The zero-order valence-corrected chi connectivity index (χ0v) is 65.3. The Balaban J connectivity index is 5.17. The summed E-state index contributed by atoms with van der Waals surface area (Å²) < 4.78 is 68.5. The molecule has 0 saturated heterocycles. The van der Waals surface area contributed by atoms with Crippen LogP contribution in [0.4, 0.5) is 0 Å². The first-order chi connectivity index (χ1) is 46.8. The lowest BCUT2D eigenvalue weighted by Crippen LogP contribution is -2.30. The zero-order chi connectivity index (χ0) is 71.6. The summed E-state index contributed by atoms with van der Waals surface area (Å²) in [5.41, 5.74) is 0. The second kappa shape index (κ2) is 68.5. The van der Waals surface area contributed by atoms with E-state index in [9.17, 15) is 43.2 Å². The van der Waals surface area contributed by atoms with Gasteiger partial charge in [-0.25, -0.2) is 9.13 Å². The first kappa shape index (κ1) is 95.1. The van der Waals surface area contributed by atoms with Crippen molar-refractivity contribution in [3.63, 3.8) is 0 Å². The van der Waals surface area contributed by atoms with Gasteiger partial charge in [0.2, 0.25) is 0 Å². The number of carbonyl (C=O) groups excluding carboxylic acids is 4. The monoisotopic (exact) mass is 1420 g/mol. The van der Waals surface area contributed by atoms with Crippen LogP contribution in [0.5, 0.6) is 0 Å². The smallest absolute Gasteiger partial charge is 0.462 e. The Bertz CT molecular complexity index is 1890. The largest absolute Gasteiger partial charge is 0.472 e. The number of hydrogen-bond donors (Lipinski definition) is 3. The van der Waals surface area contributed by atoms with Crippen molar-refractivity contribution in [2.45, 2.75) is 420 Å². The Kier molecular flexibility index (Phi) is 67.1. The Hall–Kier alpha value is -1.94. The number of ether oxygens (including phenoxy) is 4. The molecule has 0 aromatic heterocycles. The molecule has 0 fully saturated rings. The van der Waals surface area contributed by atoms with E-state index in [1.807, 2.05) is 0 Å². The van der Waals surface area contributed by atoms with Gasteiger partial charge in [-0.05, 0) is 43.4 Å². The van der Waals surface area contributed by atoms with Gasteiger partial charge in [-0.3, -0.25) is 37.3 Å². The number of aliphatic hydroxyl groups excluding tert-OH is 1. The summed E-state index contributed by atoms with van der Waals surface area (Å²) in [6.07, 6.45) is 55.8. The number of rotatable bonds is 76. The highest BCUT2D eigenvalue weighted by Crippen LogP contribution is 2.45. The predicted octanol–water partition coefficient (Wildman–Crippen LogP) is 23.0. The fraction of sp³-hybridized carbons (Fsp3) is 0.949. The van der Waals surface area contributed by atoms with Crippen molar-refractivity contribution in [1.82, 2.24) is 0 Å². The van der Waals surface area contributed by atoms with Crippen LogP contribution in [-0.2, 0) is 65.4 Å². The van der Waals surface area contributed by atoms with Crippen molar-refractivity contribution in [2.24, 2.45) is 17.8 Å². The predicted molar refractivity (Wildman–Crippen MR) is 395 cm³/mol. The van der Waals surface area contributed by atoms with E-state index in [4.69, 9.17) is 37.0 Å². The topological polar surface area (TPSA) is 237 Å². The van der Waals surface area contributed by atoms with E-state index in [2.05, 4.69) is 48.5 Å². The number of esters is 4. The minimum atomic E-state index is -4.96. The minimum absolute atomic E-state index is 0.102. The molecule has 17 nitrogen and oxygen atoms in total. The fourth-order valence-corrected chi connectivity index (χ4v) is 13.5. The Morgan fingerprint density at radius 3 is 0.784 bits per heavy atom. The quantitative estimate of drug-likeness (QED) is 0.0222. The average molecular weight is 1420 g/mol. The van der Waals surface area contributed by atoms with Crippen LogP contribution < -0.4 is 0 Å². The van der Waals surface area contributed by atoms with Gasteiger partial charge < -0.3 is 33.8 Å². The first-order valence-electron chi connectivity index (χ1n) is 40.4. The molecule has 0 aliphatic carbocycles. The van der Waals surface area contributed by atoms with Crippen LogP contribution in [-0.4, -0.2) is 96.7 Å². The zero-order valence-electron chi connectivity index (χ0n) is 63.5. The maximum atomic E-state index is 13.1. The molecule has 0 radical (unpaired) electrons. The van der Waals surface area contributed by atoms with Gasteiger partial charge in [-0.2, -0.15) is 0 Å². The lowest BCUT2D eigenvalue weighted by molar-refractivity contribution is -0.161. The van der Waals surface area contributed by atoms with Gasteiger partial charge in [0.1, 0.15) is 19.3 Å². The molecule has 6 atom stereocenters. The van der Waals surface area contributed by atoms with Crippen LogP contribution in [0.2, 0.25) is 0 Å². The van der Waals surface area contributed by atoms with Crippen molar-refractivity contribution < 1.29 is 80.2 Å². The summed E-state index contributed by atoms with van der Waals surface area (Å²) in [7, 11) is -9.91. The van der Waals surface area contributed by atoms with Gasteiger partial charge in [-0.15, -0.1) is 0 Å². The third-order valence-electron chi connectivity index (χ3n) is 18.5. The van der Waals surface area contributed by atoms with Crippen molar-refractivity contribution >= 4 is 39.5 Å². The maximum Gasteiger partial charge on any atom is 0.472 e. The Morgan fingerprint density at radius 2 is 0.526 bits per heavy atom. The molecule has 0 heterocycles. The molecule has 0 aromatic carbocycles. The third-order valence-corrected chi connectivity index (χ3v) is 20.4. The van der Waals surface area contributed by atoms with Crippen molar-refractivity contribution in [3.05, 3.63) is 0 Å². The van der Waals surface area contributed by atoms with E-state index in [1.54, 1.807) is 0 Å². The molecule has 0 spiro atoms. The minimum Gasteiger partial charge on any atom is -0.462 e. The van der Waals surface area contributed by atoms with E-state index in [-0.39, 0.29) is 25.7 Å². The number of carbonyl (C=O) groups is 4. The second-order valence-electron chi connectivity index (χ2n) is 29.3. The molecule has 3 N–H and O–H groups in total. The summed E-state index contributed by atoms with van der Waals surface area (Å²) in [5.74, 6) is 0.218. The summed E-state index contributed by atoms with van der Waals surface area (Å²) in [5, 5.41) is 10.6. The van der Waals surface area contributed by atoms with Gasteiger partial charge in [0, 0.05) is 25.7 Å². The average Bonchev–Trinajstić information content (AvgIpc) is 0.983. The lowest BCUT2D eigenvalue weighted by atomic mass is 9.99. The Labute approximate surface area is 594 Å². The number of unbranched alkanes of at least 4 members (excludes halogenated alkanes) is 43. The van der Waals surface area contributed by atoms with E-state index < -0.39 is 97.5 Å². The van der Waals surface area contributed by atoms with Gasteiger partial charge in [0.15, 0.2) is 12.2 Å². The van der Waals surface area contributed by atoms with Crippen LogP contribution in [0.3, 0.4) is 0 Å². The van der Waals surface area contributed by atoms with Gasteiger partial charge >= 0.3 is 39.5 Å². The van der Waals surface area contributed by atoms with E-state index >= 15 is 0 Å². The molecule has 3 unspecified atom stereocenters. The molecular formula is C78H152O17P2. The molecule has 0 aliphatic rings. The highest BCUT2D eigenvalue weighted by molar-refractivity contribution is 7.47. The normalized spacial score (nSPS) is 14.3. The van der Waals surface area contributed by atoms with Gasteiger partial charge in [0.05, 0.1) is 26.4 Å². The summed E-state index contributed by atoms with van der Waals surface area (Å²) in [6.45, 7) is 11.9. The van der Waals surface area contributed by atoms with Gasteiger partial charge in [0.25, 0.3) is 0 Å². The summed E-state index contributed by atoms with van der Waals surface area (Å²) >= 11 is 0. The number of aliphatic hydroxyl groups is 1. The first-order valence-corrected chi connectivity index (χ1v) is 43.4. The molecule has 576 valence electrons. The molecule has 97 heavy (non-hydrogen) atoms. The SMILES string of the molecule is CCCCCCCCCCCC(=O)OC[C@H](COP(=O)(O)OC[C@H](O)COP(=O)(O)OC[C@@H](COC(=O)CCCCCCCCCCCCCCCCC(C)CC)OC(=O)CCCCCCCCCCCCCCCCCCCCC(C)C)OC(=O)CCCCCCCCC(C)C. The standard InChI is InChI=1S/C78H152O17P2/c1-8-10-11-12-13-30-37-45-52-59-75(80)88-66-74(95-78(83)62-55-48-41-40-43-50-57-70(5)6)68-93-97(86,87)91-64-72(79)63-90-96(84,85)92-67-73(65-89-76(81)60-53-46-38-33-28-24-21-20-23-27-32-36-44-51-58-71(7)9-2)94-77(82)61-54-47-39-34-29-25-19-17-15-14-16-18-22-26-31-35-42-49-56-69(3)4/h69-74,79H,8-68H2,1-7H3,(H,84,85)(H,86,87)/t71?,72-,73-,74-/m1/s1. The van der Waals surface area contributed by atoms with Crippen LogP contribution >= 0.6 is 15.6 Å². The molecule has 0 saturated carbocycles. The van der Waals surface area contributed by atoms with Crippen molar-refractivity contribution in [1.29, 1.82) is 0 Å². The van der Waals surface area contributed by atoms with E-state index in [0.29, 0.717) is 31.6 Å². The lowest BCUT2D eigenvalue weighted by Gasteiger charge is -2.21. The molecular weight excluding hydrogens is 1270 g/mol. The van der Waals surface area contributed by atoms with Crippen molar-refractivity contribution in [2.75, 3.05) is 39.6 Å². The van der Waals surface area contributed by atoms with Crippen molar-refractivity contribution in [3.8, 4) is 0 Å². The molecule has 0 aliphatic heterocycles. The second-order valence-corrected chi connectivity index (χ2v) is 32.2. The molecule has 0 aromatic rings. The maximum absolute atomic E-state index is 13.1. The van der Waals surface area contributed by atoms with Crippen LogP contribution in [0.15, 0.2) is 0 Å². The van der Waals surface area contributed by atoms with Crippen LogP contribution in [0.1, 0.15) is 402 Å². The Morgan fingerprint density at radius 1 is 0.299 bits per heavy atom. The third kappa shape index (κ3) is 70.9. The van der Waals surface area contributed by atoms with E-state index in [1.165, 1.54) is 212 Å². The highest BCUT2D eigenvalue weighted by Gasteiger charge is 2.30. The molecule has 19 heteroatoms. The number of hydrogen-bond acceptors (Lipinski definition) is 15. The number of phosphoric acid groups is 2. The molecule has 0 rings (SSSR count).